The molecule has 0 aliphatic rings. The molecule has 3 heteroatoms. The fourth-order valence-electron chi connectivity index (χ4n) is 1.26. The molecule has 0 atom stereocenters. The fourth-order valence-corrected chi connectivity index (χ4v) is 1.26. The van der Waals surface area contributed by atoms with Crippen LogP contribution in [-0.4, -0.2) is 4.98 Å². The molecule has 2 aromatic rings. The number of rotatable bonds is 0. The zero-order chi connectivity index (χ0) is 8.55. The van der Waals surface area contributed by atoms with E-state index < -0.39 is 0 Å². The van der Waals surface area contributed by atoms with Crippen molar-refractivity contribution in [2.75, 3.05) is 11.5 Å². The number of aromatic nitrogens is 1. The Morgan fingerprint density at radius 1 is 1.00 bits per heavy atom. The SMILES string of the molecule is Nc1cccc2nccc(N)c12. The van der Waals surface area contributed by atoms with E-state index in [0.29, 0.717) is 11.4 Å². The van der Waals surface area contributed by atoms with Crippen molar-refractivity contribution in [3.63, 3.8) is 0 Å². The van der Waals surface area contributed by atoms with E-state index in [1.165, 1.54) is 0 Å². The molecule has 0 saturated heterocycles. The molecule has 0 radical (unpaired) electrons. The van der Waals surface area contributed by atoms with Crippen LogP contribution in [0.1, 0.15) is 0 Å². The van der Waals surface area contributed by atoms with Gasteiger partial charge in [-0.15, -0.1) is 0 Å². The standard InChI is InChI=1S/C9H9N3/c10-6-2-1-3-8-9(6)7(11)4-5-12-8/h1-5H,10H2,(H2,11,12). The van der Waals surface area contributed by atoms with Crippen molar-refractivity contribution in [1.29, 1.82) is 0 Å². The van der Waals surface area contributed by atoms with Crippen LogP contribution in [-0.2, 0) is 0 Å². The van der Waals surface area contributed by atoms with Crippen molar-refractivity contribution in [2.24, 2.45) is 0 Å². The predicted octanol–water partition coefficient (Wildman–Crippen LogP) is 1.40. The van der Waals surface area contributed by atoms with Gasteiger partial charge in [0.2, 0.25) is 0 Å². The van der Waals surface area contributed by atoms with Gasteiger partial charge in [0, 0.05) is 23.0 Å². The second kappa shape index (κ2) is 2.37. The monoisotopic (exact) mass is 159 g/mol. The molecule has 1 aromatic carbocycles. The van der Waals surface area contributed by atoms with Gasteiger partial charge in [0.25, 0.3) is 0 Å². The van der Waals surface area contributed by atoms with Crippen molar-refractivity contribution >= 4 is 22.3 Å². The first-order valence-electron chi connectivity index (χ1n) is 3.68. The number of nitrogens with two attached hydrogens (primary N) is 2. The summed E-state index contributed by atoms with van der Waals surface area (Å²) in [4.78, 5) is 4.14. The zero-order valence-corrected chi connectivity index (χ0v) is 6.49. The van der Waals surface area contributed by atoms with Gasteiger partial charge in [-0.3, -0.25) is 4.98 Å². The van der Waals surface area contributed by atoms with Crippen LogP contribution in [0.5, 0.6) is 0 Å². The van der Waals surface area contributed by atoms with Gasteiger partial charge in [0.05, 0.1) is 5.52 Å². The van der Waals surface area contributed by atoms with Gasteiger partial charge in [-0.2, -0.15) is 0 Å². The quantitative estimate of drug-likeness (QED) is 0.571. The molecule has 1 heterocycles. The number of fused-ring (bicyclic) bond motifs is 1. The highest BCUT2D eigenvalue weighted by molar-refractivity contribution is 5.99. The van der Waals surface area contributed by atoms with Crippen LogP contribution in [0.25, 0.3) is 10.9 Å². The van der Waals surface area contributed by atoms with Crippen LogP contribution < -0.4 is 11.5 Å². The van der Waals surface area contributed by atoms with Crippen LogP contribution in [0, 0.1) is 0 Å². The lowest BCUT2D eigenvalue weighted by atomic mass is 10.1. The molecule has 2 rings (SSSR count). The highest BCUT2D eigenvalue weighted by Gasteiger charge is 2.00. The summed E-state index contributed by atoms with van der Waals surface area (Å²) in [5.74, 6) is 0. The van der Waals surface area contributed by atoms with Crippen LogP contribution >= 0.6 is 0 Å². The number of hydrogen-bond donors (Lipinski definition) is 2. The normalized spacial score (nSPS) is 10.3. The summed E-state index contributed by atoms with van der Waals surface area (Å²) in [7, 11) is 0. The van der Waals surface area contributed by atoms with E-state index in [0.717, 1.165) is 10.9 Å². The van der Waals surface area contributed by atoms with Crippen molar-refractivity contribution < 1.29 is 0 Å². The minimum atomic E-state index is 0.679. The Bertz CT molecular complexity index is 386. The molecule has 4 N–H and O–H groups in total. The number of pyridine rings is 1. The van der Waals surface area contributed by atoms with Crippen LogP contribution in [0.4, 0.5) is 11.4 Å². The number of benzene rings is 1. The summed E-state index contributed by atoms with van der Waals surface area (Å²) in [5, 5.41) is 0.847. The average Bonchev–Trinajstić information content (AvgIpc) is 2.04. The summed E-state index contributed by atoms with van der Waals surface area (Å²) in [5.41, 5.74) is 13.7. The lowest BCUT2D eigenvalue weighted by molar-refractivity contribution is 1.41. The molecular weight excluding hydrogens is 150 g/mol. The van der Waals surface area contributed by atoms with E-state index in [4.69, 9.17) is 11.5 Å². The maximum atomic E-state index is 5.74. The summed E-state index contributed by atoms with van der Waals surface area (Å²) in [6.45, 7) is 0. The Balaban J connectivity index is 2.96. The van der Waals surface area contributed by atoms with Gasteiger partial charge in [-0.1, -0.05) is 6.07 Å². The van der Waals surface area contributed by atoms with Crippen molar-refractivity contribution in [3.05, 3.63) is 30.5 Å². The van der Waals surface area contributed by atoms with Crippen molar-refractivity contribution in [3.8, 4) is 0 Å². The third-order valence-electron chi connectivity index (χ3n) is 1.83. The van der Waals surface area contributed by atoms with E-state index in [9.17, 15) is 0 Å². The van der Waals surface area contributed by atoms with E-state index in [2.05, 4.69) is 4.98 Å². The lowest BCUT2D eigenvalue weighted by Gasteiger charge is -2.02. The molecule has 0 spiro atoms. The number of hydrogen-bond acceptors (Lipinski definition) is 3. The smallest absolute Gasteiger partial charge is 0.0743 e. The van der Waals surface area contributed by atoms with Gasteiger partial charge in [0.15, 0.2) is 0 Å². The Hall–Kier alpha value is -1.77. The summed E-state index contributed by atoms with van der Waals surface area (Å²) < 4.78 is 0. The minimum Gasteiger partial charge on any atom is -0.398 e. The fraction of sp³-hybridized carbons (Fsp3) is 0. The molecule has 0 amide bonds. The zero-order valence-electron chi connectivity index (χ0n) is 6.49. The van der Waals surface area contributed by atoms with E-state index in [1.807, 2.05) is 18.2 Å². The second-order valence-electron chi connectivity index (χ2n) is 2.64. The molecule has 60 valence electrons. The molecule has 0 fully saturated rings. The maximum Gasteiger partial charge on any atom is 0.0743 e. The van der Waals surface area contributed by atoms with Crippen molar-refractivity contribution in [2.45, 2.75) is 0 Å². The highest BCUT2D eigenvalue weighted by atomic mass is 14.7. The molecule has 0 saturated carbocycles. The van der Waals surface area contributed by atoms with Crippen LogP contribution in [0.2, 0.25) is 0 Å². The third-order valence-corrected chi connectivity index (χ3v) is 1.83. The topological polar surface area (TPSA) is 64.9 Å². The Morgan fingerprint density at radius 2 is 1.75 bits per heavy atom. The number of anilines is 2. The van der Waals surface area contributed by atoms with E-state index in [1.54, 1.807) is 12.3 Å². The molecule has 1 aromatic heterocycles. The van der Waals surface area contributed by atoms with Gasteiger partial charge in [-0.05, 0) is 18.2 Å². The Morgan fingerprint density at radius 3 is 2.50 bits per heavy atom. The minimum absolute atomic E-state index is 0.679. The highest BCUT2D eigenvalue weighted by Crippen LogP contribution is 2.24. The molecule has 0 bridgehead atoms. The maximum absolute atomic E-state index is 5.74. The molecule has 12 heavy (non-hydrogen) atoms. The Kier molecular flexibility index (Phi) is 1.37. The predicted molar refractivity (Wildman–Crippen MR) is 50.6 cm³/mol. The number of nitrogen functional groups attached to an aromatic ring is 2. The molecule has 0 aliphatic carbocycles. The van der Waals surface area contributed by atoms with Gasteiger partial charge in [0.1, 0.15) is 0 Å². The largest absolute Gasteiger partial charge is 0.398 e. The van der Waals surface area contributed by atoms with Gasteiger partial charge < -0.3 is 11.5 Å². The average molecular weight is 159 g/mol. The van der Waals surface area contributed by atoms with E-state index >= 15 is 0 Å². The van der Waals surface area contributed by atoms with Crippen LogP contribution in [0.15, 0.2) is 30.5 Å². The molecular formula is C9H9N3. The summed E-state index contributed by atoms with van der Waals surface area (Å²) in [6.07, 6.45) is 1.68. The number of nitrogens with zero attached hydrogens (tertiary/aromatic N) is 1. The van der Waals surface area contributed by atoms with Crippen molar-refractivity contribution in [1.82, 2.24) is 4.98 Å². The second-order valence-corrected chi connectivity index (χ2v) is 2.64. The van der Waals surface area contributed by atoms with Crippen LogP contribution in [0.3, 0.4) is 0 Å². The first-order chi connectivity index (χ1) is 5.79. The third kappa shape index (κ3) is 0.871. The molecule has 3 nitrogen and oxygen atoms in total. The van der Waals surface area contributed by atoms with Gasteiger partial charge in [-0.25, -0.2) is 0 Å². The first-order valence-corrected chi connectivity index (χ1v) is 3.68. The van der Waals surface area contributed by atoms with E-state index in [-0.39, 0.29) is 0 Å². The molecule has 0 unspecified atom stereocenters. The molecule has 0 aliphatic heterocycles. The van der Waals surface area contributed by atoms with Gasteiger partial charge >= 0.3 is 0 Å². The summed E-state index contributed by atoms with van der Waals surface area (Å²) in [6, 6.07) is 7.32. The lowest BCUT2D eigenvalue weighted by Crippen LogP contribution is -1.93. The first kappa shape index (κ1) is 6.91. The Labute approximate surface area is 70.0 Å². The summed E-state index contributed by atoms with van der Waals surface area (Å²) >= 11 is 0.